The van der Waals surface area contributed by atoms with Crippen LogP contribution < -0.4 is 5.73 Å². The number of aliphatic hydroxyl groups excluding tert-OH is 1. The van der Waals surface area contributed by atoms with E-state index in [1.54, 1.807) is 6.26 Å². The summed E-state index contributed by atoms with van der Waals surface area (Å²) in [6.45, 7) is 2.42. The molecule has 1 aromatic heterocycles. The summed E-state index contributed by atoms with van der Waals surface area (Å²) >= 11 is 0. The van der Waals surface area contributed by atoms with E-state index in [1.165, 1.54) is 0 Å². The summed E-state index contributed by atoms with van der Waals surface area (Å²) in [5.74, 6) is -0.147. The fourth-order valence-corrected chi connectivity index (χ4v) is 2.79. The normalized spacial score (nSPS) is 14.2. The summed E-state index contributed by atoms with van der Waals surface area (Å²) in [7, 11) is 0. The number of aliphatic hydroxyl groups is 1. The van der Waals surface area contributed by atoms with Crippen molar-refractivity contribution in [2.75, 3.05) is 6.54 Å². The molecule has 2 unspecified atom stereocenters. The molecule has 0 saturated heterocycles. The zero-order valence-corrected chi connectivity index (χ0v) is 12.0. The van der Waals surface area contributed by atoms with Crippen molar-refractivity contribution in [1.29, 1.82) is 0 Å². The molecule has 0 spiro atoms. The number of hydrogen-bond donors (Lipinski definition) is 2. The van der Waals surface area contributed by atoms with Gasteiger partial charge in [0.25, 0.3) is 0 Å². The smallest absolute Gasteiger partial charge is 0.134 e. The van der Waals surface area contributed by atoms with E-state index in [-0.39, 0.29) is 5.92 Å². The molecule has 3 rings (SSSR count). The molecular formula is C18H19NO2. The highest BCUT2D eigenvalue weighted by atomic mass is 16.3. The van der Waals surface area contributed by atoms with Crippen LogP contribution in [0.15, 0.2) is 59.2 Å². The van der Waals surface area contributed by atoms with Gasteiger partial charge in [0.1, 0.15) is 5.58 Å². The minimum atomic E-state index is -0.680. The van der Waals surface area contributed by atoms with Gasteiger partial charge in [-0.3, -0.25) is 0 Å². The number of furan rings is 1. The Kier molecular flexibility index (Phi) is 3.78. The van der Waals surface area contributed by atoms with Crippen LogP contribution >= 0.6 is 0 Å². The van der Waals surface area contributed by atoms with Gasteiger partial charge < -0.3 is 15.3 Å². The van der Waals surface area contributed by atoms with Gasteiger partial charge in [-0.05, 0) is 18.6 Å². The van der Waals surface area contributed by atoms with Gasteiger partial charge >= 0.3 is 0 Å². The lowest BCUT2D eigenvalue weighted by Crippen LogP contribution is -2.20. The van der Waals surface area contributed by atoms with Crippen LogP contribution in [0.25, 0.3) is 11.0 Å². The Balaban J connectivity index is 2.01. The van der Waals surface area contributed by atoms with Crippen LogP contribution in [-0.4, -0.2) is 11.7 Å². The van der Waals surface area contributed by atoms with Gasteiger partial charge in [-0.15, -0.1) is 0 Å². The number of hydrogen-bond acceptors (Lipinski definition) is 3. The fourth-order valence-electron chi connectivity index (χ4n) is 2.79. The van der Waals surface area contributed by atoms with Crippen LogP contribution in [0.3, 0.4) is 0 Å². The quantitative estimate of drug-likeness (QED) is 0.769. The molecule has 0 bridgehead atoms. The lowest BCUT2D eigenvalue weighted by atomic mass is 9.88. The standard InChI is InChI=1S/C18H19NO2/c1-12-5-4-6-13(9-12)15(10-19)18(20)16-11-21-17-8-3-2-7-14(16)17/h2-9,11,15,18,20H,10,19H2,1H3. The van der Waals surface area contributed by atoms with Crippen molar-refractivity contribution in [3.63, 3.8) is 0 Å². The monoisotopic (exact) mass is 281 g/mol. The van der Waals surface area contributed by atoms with Crippen molar-refractivity contribution in [3.05, 3.63) is 71.5 Å². The molecule has 1 heterocycles. The second-order valence-corrected chi connectivity index (χ2v) is 5.39. The van der Waals surface area contributed by atoms with Crippen molar-refractivity contribution in [2.24, 2.45) is 5.73 Å². The zero-order chi connectivity index (χ0) is 14.8. The van der Waals surface area contributed by atoms with E-state index >= 15 is 0 Å². The van der Waals surface area contributed by atoms with Crippen LogP contribution in [-0.2, 0) is 0 Å². The third kappa shape index (κ3) is 2.58. The van der Waals surface area contributed by atoms with Crippen molar-refractivity contribution in [3.8, 4) is 0 Å². The van der Waals surface area contributed by atoms with Gasteiger partial charge in [0.2, 0.25) is 0 Å². The Morgan fingerprint density at radius 3 is 2.71 bits per heavy atom. The minimum Gasteiger partial charge on any atom is -0.464 e. The maximum atomic E-state index is 10.8. The molecular weight excluding hydrogens is 262 g/mol. The Labute approximate surface area is 124 Å². The molecule has 2 atom stereocenters. The molecule has 3 heteroatoms. The highest BCUT2D eigenvalue weighted by molar-refractivity contribution is 5.81. The molecule has 0 fully saturated rings. The Hall–Kier alpha value is -2.10. The first kappa shape index (κ1) is 13.9. The van der Waals surface area contributed by atoms with Crippen molar-refractivity contribution in [1.82, 2.24) is 0 Å². The highest BCUT2D eigenvalue weighted by Crippen LogP contribution is 2.35. The maximum absolute atomic E-state index is 10.8. The van der Waals surface area contributed by atoms with Crippen molar-refractivity contribution >= 4 is 11.0 Å². The van der Waals surface area contributed by atoms with Gasteiger partial charge in [0.05, 0.1) is 12.4 Å². The van der Waals surface area contributed by atoms with E-state index < -0.39 is 6.10 Å². The number of aryl methyl sites for hydroxylation is 1. The summed E-state index contributed by atoms with van der Waals surface area (Å²) in [6, 6.07) is 15.8. The van der Waals surface area contributed by atoms with E-state index in [4.69, 9.17) is 10.2 Å². The lowest BCUT2D eigenvalue weighted by molar-refractivity contribution is 0.148. The molecule has 3 aromatic rings. The van der Waals surface area contributed by atoms with E-state index in [0.717, 1.165) is 27.7 Å². The molecule has 108 valence electrons. The second kappa shape index (κ2) is 5.72. The van der Waals surface area contributed by atoms with Crippen LogP contribution in [0.5, 0.6) is 0 Å². The Morgan fingerprint density at radius 1 is 1.14 bits per heavy atom. The van der Waals surface area contributed by atoms with Crippen LogP contribution in [0.4, 0.5) is 0 Å². The first-order valence-corrected chi connectivity index (χ1v) is 7.11. The third-order valence-electron chi connectivity index (χ3n) is 3.93. The molecule has 2 aromatic carbocycles. The average molecular weight is 281 g/mol. The summed E-state index contributed by atoms with van der Waals surface area (Å²) in [5.41, 5.74) is 9.71. The van der Waals surface area contributed by atoms with Gasteiger partial charge in [0, 0.05) is 23.4 Å². The highest BCUT2D eigenvalue weighted by Gasteiger charge is 2.24. The van der Waals surface area contributed by atoms with Crippen LogP contribution in [0.1, 0.15) is 28.7 Å². The summed E-state index contributed by atoms with van der Waals surface area (Å²) in [6.07, 6.45) is 0.953. The van der Waals surface area contributed by atoms with E-state index in [9.17, 15) is 5.11 Å². The van der Waals surface area contributed by atoms with E-state index in [2.05, 4.69) is 6.07 Å². The SMILES string of the molecule is Cc1cccc(C(CN)C(O)c2coc3ccccc23)c1. The van der Waals surface area contributed by atoms with Crippen molar-refractivity contribution in [2.45, 2.75) is 18.9 Å². The summed E-state index contributed by atoms with van der Waals surface area (Å²) in [4.78, 5) is 0. The van der Waals surface area contributed by atoms with Crippen LogP contribution in [0, 0.1) is 6.92 Å². The summed E-state index contributed by atoms with van der Waals surface area (Å²) in [5, 5.41) is 11.7. The van der Waals surface area contributed by atoms with Gasteiger partial charge in [-0.2, -0.15) is 0 Å². The number of benzene rings is 2. The Morgan fingerprint density at radius 2 is 1.95 bits per heavy atom. The third-order valence-corrected chi connectivity index (χ3v) is 3.93. The molecule has 0 radical (unpaired) electrons. The largest absolute Gasteiger partial charge is 0.464 e. The number of para-hydroxylation sites is 1. The molecule has 0 aliphatic heterocycles. The second-order valence-electron chi connectivity index (χ2n) is 5.39. The number of fused-ring (bicyclic) bond motifs is 1. The van der Waals surface area contributed by atoms with Gasteiger partial charge in [0.15, 0.2) is 0 Å². The molecule has 0 aliphatic rings. The lowest BCUT2D eigenvalue weighted by Gasteiger charge is -2.21. The first-order valence-electron chi connectivity index (χ1n) is 7.11. The van der Waals surface area contributed by atoms with Crippen LogP contribution in [0.2, 0.25) is 0 Å². The van der Waals surface area contributed by atoms with E-state index in [0.29, 0.717) is 6.54 Å². The molecule has 3 nitrogen and oxygen atoms in total. The molecule has 3 N–H and O–H groups in total. The van der Waals surface area contributed by atoms with E-state index in [1.807, 2.05) is 49.4 Å². The van der Waals surface area contributed by atoms with Gasteiger partial charge in [-0.1, -0.05) is 48.0 Å². The molecule has 0 amide bonds. The predicted molar refractivity (Wildman–Crippen MR) is 84.1 cm³/mol. The number of nitrogens with two attached hydrogens (primary N) is 1. The predicted octanol–water partition coefficient (Wildman–Crippen LogP) is 3.52. The molecule has 21 heavy (non-hydrogen) atoms. The maximum Gasteiger partial charge on any atom is 0.134 e. The molecule has 0 aliphatic carbocycles. The van der Waals surface area contributed by atoms with Gasteiger partial charge in [-0.25, -0.2) is 0 Å². The number of rotatable bonds is 4. The minimum absolute atomic E-state index is 0.147. The van der Waals surface area contributed by atoms with Crippen molar-refractivity contribution < 1.29 is 9.52 Å². The zero-order valence-electron chi connectivity index (χ0n) is 12.0. The first-order chi connectivity index (χ1) is 10.2. The fraction of sp³-hybridized carbons (Fsp3) is 0.222. The summed E-state index contributed by atoms with van der Waals surface area (Å²) < 4.78 is 5.52. The Bertz CT molecular complexity index is 748. The topological polar surface area (TPSA) is 59.4 Å². The average Bonchev–Trinajstić information content (AvgIpc) is 2.92. The molecule has 0 saturated carbocycles.